The van der Waals surface area contributed by atoms with Crippen molar-refractivity contribution in [3.05, 3.63) is 105 Å². The first-order valence-electron chi connectivity index (χ1n) is 9.94. The first-order chi connectivity index (χ1) is 14.9. The monoisotopic (exact) mass is 430 g/mol. The van der Waals surface area contributed by atoms with Gasteiger partial charge in [0.2, 0.25) is 11.8 Å². The second kappa shape index (κ2) is 6.02. The Morgan fingerprint density at radius 3 is 2.10 bits per heavy atom. The number of alkyl halides is 1. The van der Waals surface area contributed by atoms with Gasteiger partial charge in [-0.2, -0.15) is 0 Å². The average Bonchev–Trinajstić information content (AvgIpc) is 3.06. The Morgan fingerprint density at radius 1 is 0.871 bits per heavy atom. The molecule has 1 saturated heterocycles. The Hall–Kier alpha value is -3.51. The molecule has 0 aromatic heterocycles. The van der Waals surface area contributed by atoms with Crippen molar-refractivity contribution < 1.29 is 14.5 Å². The lowest BCUT2D eigenvalue weighted by atomic mass is 9.54. The van der Waals surface area contributed by atoms with Crippen LogP contribution in [0.25, 0.3) is 0 Å². The van der Waals surface area contributed by atoms with E-state index in [0.717, 1.165) is 27.2 Å². The molecule has 1 fully saturated rings. The van der Waals surface area contributed by atoms with Crippen LogP contribution in [0.2, 0.25) is 0 Å². The van der Waals surface area contributed by atoms with E-state index in [-0.39, 0.29) is 23.2 Å². The summed E-state index contributed by atoms with van der Waals surface area (Å²) in [6, 6.07) is 21.0. The van der Waals surface area contributed by atoms with Gasteiger partial charge in [-0.1, -0.05) is 54.6 Å². The van der Waals surface area contributed by atoms with Crippen LogP contribution in [-0.4, -0.2) is 16.7 Å². The molecule has 0 unspecified atom stereocenters. The van der Waals surface area contributed by atoms with Crippen LogP contribution in [0, 0.1) is 22.0 Å². The topological polar surface area (TPSA) is 80.5 Å². The zero-order valence-corrected chi connectivity index (χ0v) is 16.8. The highest BCUT2D eigenvalue weighted by Crippen LogP contribution is 2.65. The van der Waals surface area contributed by atoms with Crippen LogP contribution in [-0.2, 0) is 14.5 Å². The highest BCUT2D eigenvalue weighted by Gasteiger charge is 2.68. The number of hydrogen-bond donors (Lipinski definition) is 0. The summed E-state index contributed by atoms with van der Waals surface area (Å²) in [5, 5.41) is 11.2. The zero-order valence-electron chi connectivity index (χ0n) is 16.1. The van der Waals surface area contributed by atoms with Crippen LogP contribution < -0.4 is 4.90 Å². The number of nitrogens with zero attached hydrogens (tertiary/aromatic N) is 2. The molecule has 7 rings (SSSR count). The molecule has 3 aromatic rings. The van der Waals surface area contributed by atoms with Gasteiger partial charge in [-0.05, 0) is 28.3 Å². The number of non-ortho nitro benzene ring substituents is 1. The number of hydrogen-bond acceptors (Lipinski definition) is 4. The molecular formula is C24H15ClN2O4. The van der Waals surface area contributed by atoms with E-state index in [1.54, 1.807) is 6.07 Å². The summed E-state index contributed by atoms with van der Waals surface area (Å²) in [7, 11) is 0. The first-order valence-corrected chi connectivity index (χ1v) is 10.3. The molecule has 3 aromatic carbocycles. The minimum Gasteiger partial charge on any atom is -0.274 e. The van der Waals surface area contributed by atoms with E-state index >= 15 is 0 Å². The third kappa shape index (κ3) is 2.12. The summed E-state index contributed by atoms with van der Waals surface area (Å²) in [5.74, 6) is -2.52. The Balaban J connectivity index is 1.58. The molecule has 31 heavy (non-hydrogen) atoms. The van der Waals surface area contributed by atoms with Gasteiger partial charge in [-0.25, -0.2) is 4.90 Å². The Morgan fingerprint density at radius 2 is 1.48 bits per heavy atom. The molecule has 6 nitrogen and oxygen atoms in total. The van der Waals surface area contributed by atoms with Gasteiger partial charge in [-0.15, -0.1) is 11.6 Å². The fourth-order valence-electron chi connectivity index (χ4n) is 5.68. The average molecular weight is 431 g/mol. The lowest BCUT2D eigenvalue weighted by Crippen LogP contribution is -2.50. The lowest BCUT2D eigenvalue weighted by Gasteiger charge is -2.50. The normalized spacial score (nSPS) is 27.6. The smallest absolute Gasteiger partial charge is 0.271 e. The van der Waals surface area contributed by atoms with E-state index in [9.17, 15) is 19.7 Å². The van der Waals surface area contributed by atoms with Crippen LogP contribution in [0.3, 0.4) is 0 Å². The number of anilines is 1. The first kappa shape index (κ1) is 18.3. The van der Waals surface area contributed by atoms with Gasteiger partial charge in [0.05, 0.1) is 22.4 Å². The number of amides is 2. The summed E-state index contributed by atoms with van der Waals surface area (Å²) in [6.45, 7) is 0. The molecule has 1 aliphatic heterocycles. The lowest BCUT2D eigenvalue weighted by molar-refractivity contribution is -0.384. The maximum Gasteiger partial charge on any atom is 0.271 e. The van der Waals surface area contributed by atoms with Crippen LogP contribution in [0.1, 0.15) is 28.2 Å². The van der Waals surface area contributed by atoms with Crippen molar-refractivity contribution in [1.82, 2.24) is 0 Å². The highest BCUT2D eigenvalue weighted by atomic mass is 35.5. The SMILES string of the molecule is O=C1[C@@H]2C3c4ccccc4C(Cl)(c4ccccc43)[C@@H]2C(=O)N1c1cccc([N+](=O)[O-])c1. The fraction of sp³-hybridized carbons (Fsp3) is 0.167. The molecular weight excluding hydrogens is 416 g/mol. The van der Waals surface area contributed by atoms with Crippen molar-refractivity contribution in [3.8, 4) is 0 Å². The second-order valence-electron chi connectivity index (χ2n) is 8.16. The summed E-state index contributed by atoms with van der Waals surface area (Å²) in [5.41, 5.74) is 3.64. The van der Waals surface area contributed by atoms with E-state index in [2.05, 4.69) is 0 Å². The molecule has 152 valence electrons. The van der Waals surface area contributed by atoms with E-state index in [4.69, 9.17) is 11.6 Å². The number of carbonyl (C=O) groups excluding carboxylic acids is 2. The Bertz CT molecular complexity index is 1270. The number of halogens is 1. The van der Waals surface area contributed by atoms with Crippen LogP contribution in [0.15, 0.2) is 72.8 Å². The van der Waals surface area contributed by atoms with Crippen molar-refractivity contribution in [2.75, 3.05) is 4.90 Å². The standard InChI is InChI=1S/C24H15ClN2O4/c25-24-17-10-3-1-8-15(17)19(16-9-2-4-11-18(16)24)20-21(24)23(29)26(22(20)28)13-6-5-7-14(12-13)27(30)31/h1-12,19-21H/t19?,20-,21+,24?/m1/s1. The maximum absolute atomic E-state index is 13.7. The van der Waals surface area contributed by atoms with Crippen LogP contribution in [0.4, 0.5) is 11.4 Å². The van der Waals surface area contributed by atoms with Gasteiger partial charge in [0.1, 0.15) is 4.87 Å². The van der Waals surface area contributed by atoms with Gasteiger partial charge in [0, 0.05) is 18.1 Å². The van der Waals surface area contributed by atoms with Crippen molar-refractivity contribution >= 4 is 34.8 Å². The molecule has 2 atom stereocenters. The minimum atomic E-state index is -1.17. The number of nitro benzene ring substituents is 1. The molecule has 4 aliphatic rings. The van der Waals surface area contributed by atoms with Crippen molar-refractivity contribution in [2.24, 2.45) is 11.8 Å². The van der Waals surface area contributed by atoms with Gasteiger partial charge in [0.25, 0.3) is 5.69 Å². The quantitative estimate of drug-likeness (QED) is 0.262. The zero-order chi connectivity index (χ0) is 21.5. The number of imide groups is 1. The highest BCUT2D eigenvalue weighted by molar-refractivity contribution is 6.33. The summed E-state index contributed by atoms with van der Waals surface area (Å²) < 4.78 is 0. The van der Waals surface area contributed by atoms with Gasteiger partial charge >= 0.3 is 0 Å². The van der Waals surface area contributed by atoms with E-state index in [0.29, 0.717) is 0 Å². The van der Waals surface area contributed by atoms with Gasteiger partial charge in [0.15, 0.2) is 0 Å². The predicted molar refractivity (Wildman–Crippen MR) is 114 cm³/mol. The van der Waals surface area contributed by atoms with Crippen molar-refractivity contribution in [3.63, 3.8) is 0 Å². The number of carbonyl (C=O) groups is 2. The molecule has 0 radical (unpaired) electrons. The molecule has 0 saturated carbocycles. The molecule has 0 spiro atoms. The van der Waals surface area contributed by atoms with Crippen molar-refractivity contribution in [1.29, 1.82) is 0 Å². The molecule has 7 heteroatoms. The summed E-state index contributed by atoms with van der Waals surface area (Å²) in [6.07, 6.45) is 0. The van der Waals surface area contributed by atoms with Gasteiger partial charge in [-0.3, -0.25) is 19.7 Å². The van der Waals surface area contributed by atoms with Crippen LogP contribution in [0.5, 0.6) is 0 Å². The van der Waals surface area contributed by atoms with E-state index in [1.807, 2.05) is 48.5 Å². The number of benzene rings is 3. The summed E-state index contributed by atoms with van der Waals surface area (Å²) >= 11 is 7.35. The van der Waals surface area contributed by atoms with E-state index < -0.39 is 27.5 Å². The number of nitro groups is 1. The predicted octanol–water partition coefficient (Wildman–Crippen LogP) is 4.34. The van der Waals surface area contributed by atoms with Crippen LogP contribution >= 0.6 is 11.6 Å². The summed E-state index contributed by atoms with van der Waals surface area (Å²) in [4.78, 5) is 38.0. The molecule has 2 bridgehead atoms. The molecule has 3 aliphatic carbocycles. The molecule has 1 heterocycles. The minimum absolute atomic E-state index is 0.178. The van der Waals surface area contributed by atoms with Crippen molar-refractivity contribution in [2.45, 2.75) is 10.8 Å². The van der Waals surface area contributed by atoms with E-state index in [1.165, 1.54) is 18.2 Å². The molecule has 0 N–H and O–H groups in total. The fourth-order valence-corrected chi connectivity index (χ4v) is 6.25. The Kier molecular flexibility index (Phi) is 3.55. The number of rotatable bonds is 2. The largest absolute Gasteiger partial charge is 0.274 e. The third-order valence-electron chi connectivity index (χ3n) is 6.81. The maximum atomic E-state index is 13.7. The molecule has 2 amide bonds. The Labute approximate surface area is 182 Å². The van der Waals surface area contributed by atoms with Gasteiger partial charge < -0.3 is 0 Å². The third-order valence-corrected chi connectivity index (χ3v) is 7.46. The second-order valence-corrected chi connectivity index (χ2v) is 8.75.